The lowest BCUT2D eigenvalue weighted by Gasteiger charge is -2.05. The zero-order valence-corrected chi connectivity index (χ0v) is 9.63. The number of aryl methyl sites for hydroxylation is 1. The molecule has 5 heteroatoms. The fraction of sp³-hybridized carbons (Fsp3) is 0.500. The molecule has 94 valence electrons. The number of carboxylic acids is 1. The third kappa shape index (κ3) is 4.40. The molecule has 1 aromatic rings. The van der Waals surface area contributed by atoms with Gasteiger partial charge in [0.2, 0.25) is 0 Å². The maximum atomic E-state index is 11.5. The number of aromatic nitrogens is 1. The molecule has 1 heterocycles. The SMILES string of the molecule is O=C(O)c1ccn(CCCCCCO)c(=O)c1. The second kappa shape index (κ2) is 6.85. The van der Waals surface area contributed by atoms with E-state index in [4.69, 9.17) is 10.2 Å². The molecule has 5 nitrogen and oxygen atoms in total. The van der Waals surface area contributed by atoms with Gasteiger partial charge < -0.3 is 14.8 Å². The van der Waals surface area contributed by atoms with E-state index in [0.717, 1.165) is 31.7 Å². The van der Waals surface area contributed by atoms with Crippen molar-refractivity contribution in [2.45, 2.75) is 32.2 Å². The van der Waals surface area contributed by atoms with Crippen molar-refractivity contribution in [2.75, 3.05) is 6.61 Å². The lowest BCUT2D eigenvalue weighted by molar-refractivity contribution is 0.0696. The number of pyridine rings is 1. The van der Waals surface area contributed by atoms with Crippen molar-refractivity contribution in [2.24, 2.45) is 0 Å². The van der Waals surface area contributed by atoms with E-state index in [1.807, 2.05) is 0 Å². The normalized spacial score (nSPS) is 10.4. The Balaban J connectivity index is 2.49. The predicted octanol–water partition coefficient (Wildman–Crippen LogP) is 1.10. The number of aliphatic hydroxyl groups excluding tert-OH is 1. The van der Waals surface area contributed by atoms with Crippen LogP contribution in [0.5, 0.6) is 0 Å². The monoisotopic (exact) mass is 239 g/mol. The molecular formula is C12H17NO4. The van der Waals surface area contributed by atoms with Crippen molar-refractivity contribution >= 4 is 5.97 Å². The Labute approximate surface area is 99.3 Å². The number of aromatic carboxylic acids is 1. The van der Waals surface area contributed by atoms with Crippen molar-refractivity contribution in [3.8, 4) is 0 Å². The Morgan fingerprint density at radius 2 is 1.94 bits per heavy atom. The van der Waals surface area contributed by atoms with E-state index < -0.39 is 5.97 Å². The summed E-state index contributed by atoms with van der Waals surface area (Å²) in [6.07, 6.45) is 5.04. The first-order chi connectivity index (χ1) is 8.15. The van der Waals surface area contributed by atoms with Crippen LogP contribution in [0.1, 0.15) is 36.0 Å². The number of carboxylic acid groups (broad SMARTS) is 1. The molecule has 0 spiro atoms. The van der Waals surface area contributed by atoms with Crippen LogP contribution in [0, 0.1) is 0 Å². The fourth-order valence-corrected chi connectivity index (χ4v) is 1.57. The van der Waals surface area contributed by atoms with Gasteiger partial charge in [0.15, 0.2) is 0 Å². The van der Waals surface area contributed by atoms with Gasteiger partial charge in [0.25, 0.3) is 5.56 Å². The number of carbonyl (C=O) groups is 1. The minimum absolute atomic E-state index is 0.0199. The summed E-state index contributed by atoms with van der Waals surface area (Å²) < 4.78 is 1.51. The molecule has 1 rings (SSSR count). The molecule has 0 aliphatic rings. The van der Waals surface area contributed by atoms with E-state index >= 15 is 0 Å². The fourth-order valence-electron chi connectivity index (χ4n) is 1.57. The highest BCUT2D eigenvalue weighted by Crippen LogP contribution is 2.01. The maximum absolute atomic E-state index is 11.5. The highest BCUT2D eigenvalue weighted by atomic mass is 16.4. The summed E-state index contributed by atoms with van der Waals surface area (Å²) in [4.78, 5) is 22.1. The van der Waals surface area contributed by atoms with Crippen molar-refractivity contribution in [1.29, 1.82) is 0 Å². The largest absolute Gasteiger partial charge is 0.478 e. The van der Waals surface area contributed by atoms with Gasteiger partial charge in [-0.25, -0.2) is 4.79 Å². The minimum Gasteiger partial charge on any atom is -0.478 e. The van der Waals surface area contributed by atoms with Gasteiger partial charge in [-0.3, -0.25) is 4.79 Å². The van der Waals surface area contributed by atoms with E-state index in [9.17, 15) is 9.59 Å². The Morgan fingerprint density at radius 1 is 1.24 bits per heavy atom. The first kappa shape index (κ1) is 13.4. The quantitative estimate of drug-likeness (QED) is 0.698. The van der Waals surface area contributed by atoms with Crippen LogP contribution in [0.2, 0.25) is 0 Å². The smallest absolute Gasteiger partial charge is 0.335 e. The molecule has 0 saturated heterocycles. The van der Waals surface area contributed by atoms with Crippen LogP contribution >= 0.6 is 0 Å². The summed E-state index contributed by atoms with van der Waals surface area (Å²) in [6, 6.07) is 2.56. The van der Waals surface area contributed by atoms with Crippen molar-refractivity contribution in [3.05, 3.63) is 34.2 Å². The average Bonchev–Trinajstić information content (AvgIpc) is 2.30. The molecule has 0 amide bonds. The number of aliphatic hydroxyl groups is 1. The molecule has 0 aromatic carbocycles. The summed E-state index contributed by atoms with van der Waals surface area (Å²) >= 11 is 0. The minimum atomic E-state index is -1.09. The van der Waals surface area contributed by atoms with E-state index in [1.165, 1.54) is 16.8 Å². The van der Waals surface area contributed by atoms with Gasteiger partial charge in [-0.2, -0.15) is 0 Å². The molecule has 0 aliphatic heterocycles. The van der Waals surface area contributed by atoms with Gasteiger partial charge in [0, 0.05) is 25.4 Å². The second-order valence-electron chi connectivity index (χ2n) is 3.89. The summed E-state index contributed by atoms with van der Waals surface area (Å²) in [5.41, 5.74) is -0.265. The Hall–Kier alpha value is -1.62. The molecule has 0 fully saturated rings. The molecule has 0 unspecified atom stereocenters. The molecule has 2 N–H and O–H groups in total. The van der Waals surface area contributed by atoms with Crippen molar-refractivity contribution in [1.82, 2.24) is 4.57 Å². The third-order valence-electron chi connectivity index (χ3n) is 2.55. The summed E-state index contributed by atoms with van der Waals surface area (Å²) in [6.45, 7) is 0.789. The number of hydrogen-bond acceptors (Lipinski definition) is 3. The van der Waals surface area contributed by atoms with E-state index in [0.29, 0.717) is 6.54 Å². The third-order valence-corrected chi connectivity index (χ3v) is 2.55. The van der Waals surface area contributed by atoms with Gasteiger partial charge in [-0.1, -0.05) is 12.8 Å². The average molecular weight is 239 g/mol. The lowest BCUT2D eigenvalue weighted by atomic mass is 10.2. The molecular weight excluding hydrogens is 222 g/mol. The van der Waals surface area contributed by atoms with E-state index in [1.54, 1.807) is 0 Å². The highest BCUT2D eigenvalue weighted by molar-refractivity contribution is 5.87. The van der Waals surface area contributed by atoms with Crippen LogP contribution in [0.25, 0.3) is 0 Å². The van der Waals surface area contributed by atoms with Gasteiger partial charge in [0.1, 0.15) is 0 Å². The molecule has 0 bridgehead atoms. The van der Waals surface area contributed by atoms with Crippen molar-refractivity contribution in [3.63, 3.8) is 0 Å². The first-order valence-electron chi connectivity index (χ1n) is 5.70. The van der Waals surface area contributed by atoms with Crippen molar-refractivity contribution < 1.29 is 15.0 Å². The summed E-state index contributed by atoms with van der Waals surface area (Å²) in [5.74, 6) is -1.09. The second-order valence-corrected chi connectivity index (χ2v) is 3.89. The van der Waals surface area contributed by atoms with Gasteiger partial charge >= 0.3 is 5.97 Å². The van der Waals surface area contributed by atoms with Gasteiger partial charge in [-0.15, -0.1) is 0 Å². The molecule has 1 aromatic heterocycles. The number of nitrogens with zero attached hydrogens (tertiary/aromatic N) is 1. The van der Waals surface area contributed by atoms with E-state index in [-0.39, 0.29) is 17.7 Å². The van der Waals surface area contributed by atoms with Gasteiger partial charge in [0.05, 0.1) is 5.56 Å². The topological polar surface area (TPSA) is 79.5 Å². The summed E-state index contributed by atoms with van der Waals surface area (Å²) in [7, 11) is 0. The highest BCUT2D eigenvalue weighted by Gasteiger charge is 2.04. The zero-order valence-electron chi connectivity index (χ0n) is 9.63. The van der Waals surface area contributed by atoms with Crippen LogP contribution in [-0.4, -0.2) is 27.4 Å². The number of rotatable bonds is 7. The van der Waals surface area contributed by atoms with E-state index in [2.05, 4.69) is 0 Å². The zero-order chi connectivity index (χ0) is 12.7. The first-order valence-corrected chi connectivity index (χ1v) is 5.70. The number of unbranched alkanes of at least 4 members (excludes halogenated alkanes) is 3. The molecule has 0 atom stereocenters. The van der Waals surface area contributed by atoms with Crippen LogP contribution in [0.15, 0.2) is 23.1 Å². The van der Waals surface area contributed by atoms with Crippen LogP contribution in [0.4, 0.5) is 0 Å². The molecule has 0 saturated carbocycles. The van der Waals surface area contributed by atoms with Gasteiger partial charge in [-0.05, 0) is 18.9 Å². The molecule has 17 heavy (non-hydrogen) atoms. The standard InChI is InChI=1S/C12H17NO4/c14-8-4-2-1-3-6-13-7-5-10(12(16)17)9-11(13)15/h5,7,9,14H,1-4,6,8H2,(H,16,17). The maximum Gasteiger partial charge on any atom is 0.335 e. The number of hydrogen-bond donors (Lipinski definition) is 2. The summed E-state index contributed by atoms with van der Waals surface area (Å²) in [5, 5.41) is 17.3. The molecule has 0 radical (unpaired) electrons. The Bertz CT molecular complexity index is 425. The van der Waals surface area contributed by atoms with Crippen LogP contribution in [0.3, 0.4) is 0 Å². The Kier molecular flexibility index (Phi) is 5.42. The lowest BCUT2D eigenvalue weighted by Crippen LogP contribution is -2.20. The molecule has 0 aliphatic carbocycles. The van der Waals surface area contributed by atoms with Crippen LogP contribution in [-0.2, 0) is 6.54 Å². The van der Waals surface area contributed by atoms with Crippen LogP contribution < -0.4 is 5.56 Å². The Morgan fingerprint density at radius 3 is 2.53 bits per heavy atom. The predicted molar refractivity (Wildman–Crippen MR) is 63.2 cm³/mol.